The number of carbonyl (C=O) groups is 1. The maximum atomic E-state index is 14.0. The molecule has 2 aromatic carbocycles. The van der Waals surface area contributed by atoms with Gasteiger partial charge in [-0.3, -0.25) is 9.80 Å². The Labute approximate surface area is 217 Å². The van der Waals surface area contributed by atoms with Gasteiger partial charge >= 0.3 is 6.03 Å². The van der Waals surface area contributed by atoms with Crippen LogP contribution in [0.25, 0.3) is 0 Å². The minimum absolute atomic E-state index is 0.145. The molecule has 2 amide bonds. The van der Waals surface area contributed by atoms with Crippen molar-refractivity contribution in [2.45, 2.75) is 78.9 Å². The van der Waals surface area contributed by atoms with Crippen LogP contribution in [0.3, 0.4) is 0 Å². The first kappa shape index (κ1) is 24.8. The second-order valence-electron chi connectivity index (χ2n) is 11.7. The summed E-state index contributed by atoms with van der Waals surface area (Å²) in [6, 6.07) is 11.6. The molecule has 0 radical (unpaired) electrons. The summed E-state index contributed by atoms with van der Waals surface area (Å²) in [5.74, 6) is 0.281. The van der Waals surface area contributed by atoms with Crippen LogP contribution in [0.5, 0.6) is 0 Å². The monoisotopic (exact) mass is 483 g/mol. The van der Waals surface area contributed by atoms with Crippen LogP contribution in [0.2, 0.25) is 0 Å². The van der Waals surface area contributed by atoms with E-state index in [2.05, 4.69) is 92.3 Å². The average Bonchev–Trinajstić information content (AvgIpc) is 2.89. The highest BCUT2D eigenvalue weighted by Gasteiger charge is 2.55. The highest BCUT2D eigenvalue weighted by molar-refractivity contribution is 5.83. The fourth-order valence-corrected chi connectivity index (χ4v) is 7.07. The Hall–Kier alpha value is -2.85. The van der Waals surface area contributed by atoms with E-state index in [9.17, 15) is 4.79 Å². The van der Waals surface area contributed by atoms with Gasteiger partial charge in [-0.1, -0.05) is 72.2 Å². The van der Waals surface area contributed by atoms with Crippen molar-refractivity contribution < 1.29 is 4.79 Å². The molecule has 0 aromatic heterocycles. The lowest BCUT2D eigenvalue weighted by molar-refractivity contribution is 0.0909. The van der Waals surface area contributed by atoms with Crippen LogP contribution in [0.4, 0.5) is 4.79 Å². The van der Waals surface area contributed by atoms with Crippen molar-refractivity contribution in [1.29, 1.82) is 0 Å². The molecule has 0 N–H and O–H groups in total. The van der Waals surface area contributed by atoms with Crippen molar-refractivity contribution in [3.05, 3.63) is 93.2 Å². The molecule has 0 aliphatic carbocycles. The number of amides is 2. The number of nitrogens with zero attached hydrogens (tertiary/aromatic N) is 3. The van der Waals surface area contributed by atoms with Crippen molar-refractivity contribution >= 4 is 6.03 Å². The summed E-state index contributed by atoms with van der Waals surface area (Å²) in [5.41, 5.74) is 11.3. The number of fused-ring (bicyclic) bond motifs is 3. The molecule has 0 bridgehead atoms. The van der Waals surface area contributed by atoms with E-state index in [1.807, 2.05) is 6.92 Å². The molecule has 190 valence electrons. The van der Waals surface area contributed by atoms with E-state index in [4.69, 9.17) is 0 Å². The Morgan fingerprint density at radius 1 is 1.00 bits per heavy atom. The van der Waals surface area contributed by atoms with Crippen LogP contribution in [0, 0.1) is 27.7 Å². The Bertz CT molecular complexity index is 1230. The Morgan fingerprint density at radius 3 is 2.28 bits per heavy atom. The number of piperidine rings is 1. The first-order valence-electron chi connectivity index (χ1n) is 13.4. The molecule has 5 rings (SSSR count). The third-order valence-corrected chi connectivity index (χ3v) is 8.35. The van der Waals surface area contributed by atoms with Crippen molar-refractivity contribution in [2.75, 3.05) is 19.6 Å². The molecule has 4 heteroatoms. The average molecular weight is 484 g/mol. The highest BCUT2D eigenvalue weighted by atomic mass is 16.2. The number of benzene rings is 2. The van der Waals surface area contributed by atoms with Crippen molar-refractivity contribution in [3.8, 4) is 0 Å². The molecule has 36 heavy (non-hydrogen) atoms. The zero-order chi connectivity index (χ0) is 25.8. The summed E-state index contributed by atoms with van der Waals surface area (Å²) in [4.78, 5) is 20.8. The van der Waals surface area contributed by atoms with Gasteiger partial charge in [0.05, 0.1) is 12.1 Å². The SMILES string of the molecule is C=C(C)CN1C(=O)N2Cc3cc(C)cc(C)c3[C@H](C)C=C2C12CCN(Cc1cc(C)cc(C)c1)CC2. The molecule has 3 heterocycles. The Balaban J connectivity index is 1.48. The molecule has 3 aliphatic heterocycles. The highest BCUT2D eigenvalue weighted by Crippen LogP contribution is 2.48. The van der Waals surface area contributed by atoms with E-state index in [0.717, 1.165) is 38.0 Å². The molecular weight excluding hydrogens is 442 g/mol. The number of rotatable bonds is 4. The molecule has 2 aromatic rings. The summed E-state index contributed by atoms with van der Waals surface area (Å²) in [6.45, 7) is 21.5. The molecule has 2 saturated heterocycles. The molecular formula is C32H41N3O. The van der Waals surface area contributed by atoms with Crippen molar-refractivity contribution in [1.82, 2.24) is 14.7 Å². The molecule has 1 atom stereocenters. The molecule has 1 spiro atoms. The number of likely N-dealkylation sites (tertiary alicyclic amines) is 1. The number of hydrogen-bond donors (Lipinski definition) is 0. The van der Waals surface area contributed by atoms with Gasteiger partial charge in [0.25, 0.3) is 0 Å². The van der Waals surface area contributed by atoms with Crippen LogP contribution >= 0.6 is 0 Å². The van der Waals surface area contributed by atoms with Gasteiger partial charge in [-0.2, -0.15) is 0 Å². The number of carbonyl (C=O) groups excluding carboxylic acids is 1. The fraction of sp³-hybridized carbons (Fsp3) is 0.469. The molecule has 3 aliphatic rings. The van der Waals surface area contributed by atoms with Gasteiger partial charge in [0.15, 0.2) is 0 Å². The number of hydrogen-bond acceptors (Lipinski definition) is 2. The zero-order valence-corrected chi connectivity index (χ0v) is 22.9. The van der Waals surface area contributed by atoms with Gasteiger partial charge in [-0.05, 0) is 69.7 Å². The summed E-state index contributed by atoms with van der Waals surface area (Å²) >= 11 is 0. The van der Waals surface area contributed by atoms with Crippen molar-refractivity contribution in [3.63, 3.8) is 0 Å². The number of allylic oxidation sites excluding steroid dienone is 1. The number of aryl methyl sites for hydroxylation is 4. The van der Waals surface area contributed by atoms with Crippen LogP contribution in [0.15, 0.2) is 54.3 Å². The third-order valence-electron chi connectivity index (χ3n) is 8.35. The Kier molecular flexibility index (Phi) is 6.36. The van der Waals surface area contributed by atoms with E-state index < -0.39 is 0 Å². The predicted molar refractivity (Wildman–Crippen MR) is 148 cm³/mol. The second kappa shape index (κ2) is 9.23. The third kappa shape index (κ3) is 4.30. The maximum Gasteiger partial charge on any atom is 0.325 e. The van der Waals surface area contributed by atoms with Crippen LogP contribution in [-0.4, -0.2) is 45.9 Å². The summed E-state index contributed by atoms with van der Waals surface area (Å²) < 4.78 is 0. The van der Waals surface area contributed by atoms with Crippen molar-refractivity contribution in [2.24, 2.45) is 0 Å². The van der Waals surface area contributed by atoms with E-state index in [-0.39, 0.29) is 17.5 Å². The minimum atomic E-state index is -0.256. The first-order chi connectivity index (χ1) is 17.1. The lowest BCUT2D eigenvalue weighted by Crippen LogP contribution is -2.54. The minimum Gasteiger partial charge on any atom is -0.309 e. The zero-order valence-electron chi connectivity index (χ0n) is 22.9. The summed E-state index contributed by atoms with van der Waals surface area (Å²) in [6.07, 6.45) is 4.32. The van der Waals surface area contributed by atoms with Gasteiger partial charge in [0.2, 0.25) is 0 Å². The summed E-state index contributed by atoms with van der Waals surface area (Å²) in [5, 5.41) is 0. The topological polar surface area (TPSA) is 26.8 Å². The van der Waals surface area contributed by atoms with Crippen LogP contribution in [0.1, 0.15) is 71.6 Å². The van der Waals surface area contributed by atoms with Gasteiger partial charge < -0.3 is 4.90 Å². The lowest BCUT2D eigenvalue weighted by Gasteiger charge is -2.45. The van der Waals surface area contributed by atoms with E-state index in [1.54, 1.807) is 0 Å². The van der Waals surface area contributed by atoms with Gasteiger partial charge in [0, 0.05) is 37.8 Å². The van der Waals surface area contributed by atoms with Gasteiger partial charge in [-0.15, -0.1) is 0 Å². The summed E-state index contributed by atoms with van der Waals surface area (Å²) in [7, 11) is 0. The smallest absolute Gasteiger partial charge is 0.309 e. The van der Waals surface area contributed by atoms with E-state index in [0.29, 0.717) is 13.1 Å². The molecule has 0 saturated carbocycles. The van der Waals surface area contributed by atoms with E-state index >= 15 is 0 Å². The van der Waals surface area contributed by atoms with Crippen LogP contribution < -0.4 is 0 Å². The van der Waals surface area contributed by atoms with E-state index in [1.165, 1.54) is 44.6 Å². The first-order valence-corrected chi connectivity index (χ1v) is 13.4. The molecule has 4 nitrogen and oxygen atoms in total. The molecule has 2 fully saturated rings. The second-order valence-corrected chi connectivity index (χ2v) is 11.7. The van der Waals surface area contributed by atoms with Gasteiger partial charge in [0.1, 0.15) is 0 Å². The lowest BCUT2D eigenvalue weighted by atomic mass is 9.81. The predicted octanol–water partition coefficient (Wildman–Crippen LogP) is 6.77. The fourth-order valence-electron chi connectivity index (χ4n) is 7.07. The normalized spacial score (nSPS) is 21.3. The maximum absolute atomic E-state index is 14.0. The standard InChI is InChI=1S/C32H41N3O/c1-21(2)18-35-31(36)34-20-28-16-24(5)13-25(6)30(28)26(7)17-29(34)32(35)8-10-33(11-9-32)19-27-14-22(3)12-23(4)15-27/h12-17,26H,1,8-11,18-20H2,2-7H3/t26-/m1/s1. The van der Waals surface area contributed by atoms with Gasteiger partial charge in [-0.25, -0.2) is 4.79 Å². The quantitative estimate of drug-likeness (QED) is 0.449. The molecule has 0 unspecified atom stereocenters. The largest absolute Gasteiger partial charge is 0.325 e. The number of urea groups is 1. The Morgan fingerprint density at radius 2 is 1.64 bits per heavy atom. The van der Waals surface area contributed by atoms with Crippen LogP contribution in [-0.2, 0) is 13.1 Å².